The van der Waals surface area contributed by atoms with Gasteiger partial charge >= 0.3 is 0 Å². The first-order valence-corrected chi connectivity index (χ1v) is 8.22. The number of nitrogen functional groups attached to an aromatic ring is 1. The molecule has 0 aromatic heterocycles. The molecule has 1 aliphatic rings. The van der Waals surface area contributed by atoms with E-state index >= 15 is 0 Å². The molecule has 1 unspecified atom stereocenters. The molecule has 0 amide bonds. The van der Waals surface area contributed by atoms with Gasteiger partial charge in [-0.05, 0) is 37.0 Å². The predicted molar refractivity (Wildman–Crippen MR) is 80.2 cm³/mol. The van der Waals surface area contributed by atoms with Crippen molar-refractivity contribution in [3.05, 3.63) is 24.3 Å². The van der Waals surface area contributed by atoms with Gasteiger partial charge in [0.15, 0.2) is 0 Å². The van der Waals surface area contributed by atoms with E-state index in [1.807, 2.05) is 29.6 Å². The molecule has 1 aromatic rings. The van der Waals surface area contributed by atoms with Crippen LogP contribution in [0.3, 0.4) is 0 Å². The van der Waals surface area contributed by atoms with Crippen LogP contribution in [0.4, 0.5) is 5.69 Å². The summed E-state index contributed by atoms with van der Waals surface area (Å²) >= 11 is 0. The lowest BCUT2D eigenvalue weighted by Crippen LogP contribution is -2.29. The fourth-order valence-electron chi connectivity index (χ4n) is 1.90. The Balaban J connectivity index is 2.44. The van der Waals surface area contributed by atoms with Gasteiger partial charge in [-0.2, -0.15) is 0 Å². The van der Waals surface area contributed by atoms with Crippen molar-refractivity contribution in [1.29, 1.82) is 0 Å². The largest absolute Gasteiger partial charge is 0.399 e. The van der Waals surface area contributed by atoms with Gasteiger partial charge in [0.25, 0.3) is 0 Å². The van der Waals surface area contributed by atoms with E-state index in [2.05, 4.69) is 18.2 Å². The Hall–Kier alpha value is -1.07. The Morgan fingerprint density at radius 2 is 2.16 bits per heavy atom. The zero-order chi connectivity index (χ0) is 14.0. The minimum atomic E-state index is -2.52. The fourth-order valence-corrected chi connectivity index (χ4v) is 4.23. The van der Waals surface area contributed by atoms with E-state index in [4.69, 9.17) is 5.73 Å². The van der Waals surface area contributed by atoms with Crippen LogP contribution in [0.15, 0.2) is 33.5 Å². The molecule has 2 rings (SSSR count). The number of anilines is 1. The van der Waals surface area contributed by atoms with Crippen molar-refractivity contribution in [2.45, 2.75) is 37.6 Å². The third-order valence-corrected chi connectivity index (χ3v) is 5.68. The summed E-state index contributed by atoms with van der Waals surface area (Å²) in [4.78, 5) is 0.725. The molecule has 1 aliphatic carbocycles. The third-order valence-electron chi connectivity index (χ3n) is 3.23. The monoisotopic (exact) mass is 281 g/mol. The first-order chi connectivity index (χ1) is 8.93. The first-order valence-electron chi connectivity index (χ1n) is 6.75. The van der Waals surface area contributed by atoms with Gasteiger partial charge in [-0.1, -0.05) is 19.9 Å². The quantitative estimate of drug-likeness (QED) is 0.844. The van der Waals surface area contributed by atoms with Crippen LogP contribution in [0, 0.1) is 5.92 Å². The Morgan fingerprint density at radius 1 is 1.47 bits per heavy atom. The topological polar surface area (TPSA) is 58.7 Å². The second-order valence-electron chi connectivity index (χ2n) is 5.55. The van der Waals surface area contributed by atoms with Gasteiger partial charge < -0.3 is 5.73 Å². The van der Waals surface area contributed by atoms with Crippen molar-refractivity contribution >= 4 is 15.6 Å². The van der Waals surface area contributed by atoms with Gasteiger partial charge in [0.2, 0.25) is 0 Å². The van der Waals surface area contributed by atoms with Gasteiger partial charge in [0.1, 0.15) is 9.92 Å². The fraction of sp³-hybridized carbons (Fsp3) is 0.571. The lowest BCUT2D eigenvalue weighted by atomic mass is 10.2. The Morgan fingerprint density at radius 3 is 2.68 bits per heavy atom. The number of rotatable bonds is 5. The van der Waals surface area contributed by atoms with Crippen LogP contribution in [0.5, 0.6) is 0 Å². The van der Waals surface area contributed by atoms with E-state index in [1.165, 1.54) is 0 Å². The van der Waals surface area contributed by atoms with Crippen LogP contribution in [0.2, 0.25) is 0 Å². The smallest absolute Gasteiger partial charge is 0.139 e. The standard InChI is InChI=1S/C14H23N3OS/c1-11(2)10-16-19(18,17(3)13-7-8-13)14-6-4-5-12(15)9-14/h4-6,9,11,13H,7-8,10,15H2,1-3H3. The number of nitrogens with zero attached hydrogens (tertiary/aromatic N) is 2. The predicted octanol–water partition coefficient (Wildman–Crippen LogP) is 2.76. The van der Waals surface area contributed by atoms with Crippen molar-refractivity contribution in [1.82, 2.24) is 4.31 Å². The molecule has 1 saturated carbocycles. The van der Waals surface area contributed by atoms with Gasteiger partial charge in [-0.15, -0.1) is 0 Å². The van der Waals surface area contributed by atoms with E-state index in [1.54, 1.807) is 6.07 Å². The maximum atomic E-state index is 13.3. The molecule has 1 aromatic carbocycles. The van der Waals surface area contributed by atoms with E-state index < -0.39 is 9.92 Å². The molecule has 19 heavy (non-hydrogen) atoms. The lowest BCUT2D eigenvalue weighted by molar-refractivity contribution is 0.504. The average Bonchev–Trinajstić information content (AvgIpc) is 3.19. The Labute approximate surface area is 116 Å². The molecule has 2 N–H and O–H groups in total. The minimum Gasteiger partial charge on any atom is -0.399 e. The van der Waals surface area contributed by atoms with Crippen LogP contribution < -0.4 is 5.73 Å². The van der Waals surface area contributed by atoms with Gasteiger partial charge in [-0.3, -0.25) is 0 Å². The van der Waals surface area contributed by atoms with E-state index in [9.17, 15) is 4.21 Å². The highest BCUT2D eigenvalue weighted by Crippen LogP contribution is 2.32. The average molecular weight is 281 g/mol. The molecule has 0 radical (unpaired) electrons. The van der Waals surface area contributed by atoms with Crippen LogP contribution in [0.1, 0.15) is 26.7 Å². The summed E-state index contributed by atoms with van der Waals surface area (Å²) in [5.41, 5.74) is 6.45. The maximum Gasteiger partial charge on any atom is 0.139 e. The Bertz CT molecular complexity index is 558. The summed E-state index contributed by atoms with van der Waals surface area (Å²) in [6, 6.07) is 7.69. The molecule has 0 aliphatic heterocycles. The molecular formula is C14H23N3OS. The van der Waals surface area contributed by atoms with Crippen LogP contribution in [0.25, 0.3) is 0 Å². The first kappa shape index (κ1) is 14.3. The van der Waals surface area contributed by atoms with Crippen LogP contribution in [-0.2, 0) is 9.92 Å². The number of hydrogen-bond acceptors (Lipinski definition) is 3. The van der Waals surface area contributed by atoms with Crippen LogP contribution in [-0.4, -0.2) is 28.1 Å². The van der Waals surface area contributed by atoms with Crippen LogP contribution >= 0.6 is 0 Å². The molecule has 4 nitrogen and oxygen atoms in total. The highest BCUT2D eigenvalue weighted by Gasteiger charge is 2.33. The SMILES string of the molecule is CC(C)CN=S(=O)(c1cccc(N)c1)N(C)C1CC1. The van der Waals surface area contributed by atoms with Gasteiger partial charge in [0.05, 0.1) is 11.4 Å². The minimum absolute atomic E-state index is 0.393. The van der Waals surface area contributed by atoms with E-state index in [-0.39, 0.29) is 0 Å². The summed E-state index contributed by atoms with van der Waals surface area (Å²) < 4.78 is 19.8. The van der Waals surface area contributed by atoms with Gasteiger partial charge in [-0.25, -0.2) is 12.9 Å². The lowest BCUT2D eigenvalue weighted by Gasteiger charge is -2.22. The van der Waals surface area contributed by atoms with Crippen molar-refractivity contribution in [3.8, 4) is 0 Å². The third kappa shape index (κ3) is 3.28. The zero-order valence-corrected chi connectivity index (χ0v) is 12.7. The molecule has 1 atom stereocenters. The molecule has 0 heterocycles. The van der Waals surface area contributed by atoms with Gasteiger partial charge in [0, 0.05) is 18.8 Å². The van der Waals surface area contributed by atoms with Crippen molar-refractivity contribution in [3.63, 3.8) is 0 Å². The molecule has 0 spiro atoms. The number of hydrogen-bond donors (Lipinski definition) is 1. The van der Waals surface area contributed by atoms with Crippen molar-refractivity contribution in [2.24, 2.45) is 10.3 Å². The number of benzene rings is 1. The summed E-state index contributed by atoms with van der Waals surface area (Å²) in [7, 11) is -0.613. The summed E-state index contributed by atoms with van der Waals surface area (Å²) in [6.07, 6.45) is 2.21. The maximum absolute atomic E-state index is 13.3. The Kier molecular flexibility index (Phi) is 4.16. The normalized spacial score (nSPS) is 18.6. The summed E-state index contributed by atoms with van der Waals surface area (Å²) in [5.74, 6) is 0.398. The molecule has 0 bridgehead atoms. The highest BCUT2D eigenvalue weighted by molar-refractivity contribution is 7.91. The molecular weight excluding hydrogens is 258 g/mol. The second kappa shape index (κ2) is 5.51. The summed E-state index contributed by atoms with van der Waals surface area (Å²) in [6.45, 7) is 4.77. The summed E-state index contributed by atoms with van der Waals surface area (Å²) in [5, 5.41) is 0. The molecule has 5 heteroatoms. The van der Waals surface area contributed by atoms with E-state index in [0.717, 1.165) is 17.7 Å². The molecule has 106 valence electrons. The van der Waals surface area contributed by atoms with Crippen molar-refractivity contribution < 1.29 is 4.21 Å². The van der Waals surface area contributed by atoms with E-state index in [0.29, 0.717) is 24.2 Å². The second-order valence-corrected chi connectivity index (χ2v) is 7.85. The zero-order valence-electron chi connectivity index (χ0n) is 11.9. The molecule has 0 saturated heterocycles. The molecule has 1 fully saturated rings. The van der Waals surface area contributed by atoms with Crippen molar-refractivity contribution in [2.75, 3.05) is 19.3 Å². The highest BCUT2D eigenvalue weighted by atomic mass is 32.2. The number of nitrogens with two attached hydrogens (primary N) is 1.